The number of benzene rings is 1. The molecule has 0 radical (unpaired) electrons. The van der Waals surface area contributed by atoms with Crippen LogP contribution in [0.5, 0.6) is 0 Å². The van der Waals surface area contributed by atoms with Gasteiger partial charge in [0.2, 0.25) is 0 Å². The van der Waals surface area contributed by atoms with Gasteiger partial charge in [0.15, 0.2) is 0 Å². The first-order chi connectivity index (χ1) is 8.16. The number of nitrogens with zero attached hydrogens (tertiary/aromatic N) is 2. The maximum atomic E-state index is 10.7. The lowest BCUT2D eigenvalue weighted by Gasteiger charge is -2.08. The summed E-state index contributed by atoms with van der Waals surface area (Å²) in [6.45, 7) is 0. The van der Waals surface area contributed by atoms with Gasteiger partial charge in [0.25, 0.3) is 0 Å². The van der Waals surface area contributed by atoms with Crippen LogP contribution in [0, 0.1) is 0 Å². The van der Waals surface area contributed by atoms with Crippen molar-refractivity contribution in [1.29, 1.82) is 0 Å². The molecule has 3 N–H and O–H groups in total. The number of aromatic nitrogens is 2. The van der Waals surface area contributed by atoms with Gasteiger partial charge in [-0.2, -0.15) is 5.10 Å². The van der Waals surface area contributed by atoms with Gasteiger partial charge >= 0.3 is 5.97 Å². The first-order valence-corrected chi connectivity index (χ1v) is 5.24. The van der Waals surface area contributed by atoms with Gasteiger partial charge in [-0.25, -0.2) is 4.68 Å². The lowest BCUT2D eigenvalue weighted by atomic mass is 10.1. The van der Waals surface area contributed by atoms with E-state index in [1.54, 1.807) is 10.9 Å². The van der Waals surface area contributed by atoms with Crippen LogP contribution < -0.4 is 5.73 Å². The Labute approximate surface area is 98.5 Å². The van der Waals surface area contributed by atoms with E-state index in [0.29, 0.717) is 6.42 Å². The fraction of sp³-hybridized carbons (Fsp3) is 0.167. The SMILES string of the molecule is NC(Cc1cccc(-n2cccn2)c1)C(=O)O. The summed E-state index contributed by atoms with van der Waals surface area (Å²) in [5.74, 6) is -0.991. The van der Waals surface area contributed by atoms with Crippen molar-refractivity contribution in [2.45, 2.75) is 12.5 Å². The zero-order valence-electron chi connectivity index (χ0n) is 9.15. The van der Waals surface area contributed by atoms with E-state index in [0.717, 1.165) is 11.3 Å². The molecule has 17 heavy (non-hydrogen) atoms. The van der Waals surface area contributed by atoms with Gasteiger partial charge in [0.1, 0.15) is 6.04 Å². The van der Waals surface area contributed by atoms with E-state index >= 15 is 0 Å². The first kappa shape index (κ1) is 11.3. The van der Waals surface area contributed by atoms with E-state index in [9.17, 15) is 4.79 Å². The molecule has 5 heteroatoms. The largest absolute Gasteiger partial charge is 0.480 e. The Morgan fingerprint density at radius 3 is 2.94 bits per heavy atom. The first-order valence-electron chi connectivity index (χ1n) is 5.24. The number of nitrogens with two attached hydrogens (primary N) is 1. The maximum absolute atomic E-state index is 10.7. The minimum absolute atomic E-state index is 0.310. The molecule has 2 aromatic rings. The Morgan fingerprint density at radius 1 is 1.47 bits per heavy atom. The molecule has 0 saturated carbocycles. The molecule has 0 saturated heterocycles. The zero-order valence-corrected chi connectivity index (χ0v) is 9.15. The van der Waals surface area contributed by atoms with E-state index in [2.05, 4.69) is 5.10 Å². The molecule has 0 fully saturated rings. The summed E-state index contributed by atoms with van der Waals surface area (Å²) in [6, 6.07) is 8.47. The zero-order chi connectivity index (χ0) is 12.3. The van der Waals surface area contributed by atoms with Crippen molar-refractivity contribution in [3.8, 4) is 5.69 Å². The quantitative estimate of drug-likeness (QED) is 0.816. The second-order valence-electron chi connectivity index (χ2n) is 3.77. The van der Waals surface area contributed by atoms with Crippen molar-refractivity contribution in [2.75, 3.05) is 0 Å². The summed E-state index contributed by atoms with van der Waals surface area (Å²) in [6.07, 6.45) is 3.83. The van der Waals surface area contributed by atoms with Crippen molar-refractivity contribution >= 4 is 5.97 Å². The molecular weight excluding hydrogens is 218 g/mol. The van der Waals surface area contributed by atoms with Crippen LogP contribution in [0.15, 0.2) is 42.7 Å². The monoisotopic (exact) mass is 231 g/mol. The highest BCUT2D eigenvalue weighted by atomic mass is 16.4. The Balaban J connectivity index is 2.20. The molecule has 1 aromatic carbocycles. The number of carbonyl (C=O) groups is 1. The summed E-state index contributed by atoms with van der Waals surface area (Å²) in [4.78, 5) is 10.7. The third-order valence-electron chi connectivity index (χ3n) is 2.45. The number of aliphatic carboxylic acids is 1. The highest BCUT2D eigenvalue weighted by Gasteiger charge is 2.12. The van der Waals surface area contributed by atoms with E-state index in [1.165, 1.54) is 0 Å². The van der Waals surface area contributed by atoms with Crippen molar-refractivity contribution in [1.82, 2.24) is 9.78 Å². The molecule has 0 spiro atoms. The number of carboxylic acid groups (broad SMARTS) is 1. The molecule has 2 rings (SSSR count). The van der Waals surface area contributed by atoms with Crippen molar-refractivity contribution in [3.05, 3.63) is 48.3 Å². The minimum atomic E-state index is -0.991. The second-order valence-corrected chi connectivity index (χ2v) is 3.77. The fourth-order valence-electron chi connectivity index (χ4n) is 1.59. The van der Waals surface area contributed by atoms with Gasteiger partial charge in [0, 0.05) is 12.4 Å². The Hall–Kier alpha value is -2.14. The molecule has 88 valence electrons. The molecule has 1 aromatic heterocycles. The van der Waals surface area contributed by atoms with Crippen LogP contribution in [-0.4, -0.2) is 26.9 Å². The smallest absolute Gasteiger partial charge is 0.320 e. The van der Waals surface area contributed by atoms with Crippen molar-refractivity contribution in [2.24, 2.45) is 5.73 Å². The molecule has 0 bridgehead atoms. The summed E-state index contributed by atoms with van der Waals surface area (Å²) < 4.78 is 1.72. The van der Waals surface area contributed by atoms with E-state index in [4.69, 9.17) is 10.8 Å². The molecule has 1 heterocycles. The van der Waals surface area contributed by atoms with Crippen LogP contribution in [-0.2, 0) is 11.2 Å². The molecule has 1 atom stereocenters. The average Bonchev–Trinajstić information content (AvgIpc) is 2.82. The van der Waals surface area contributed by atoms with Crippen molar-refractivity contribution < 1.29 is 9.90 Å². The highest BCUT2D eigenvalue weighted by Crippen LogP contribution is 2.11. The van der Waals surface area contributed by atoms with Crippen LogP contribution in [0.2, 0.25) is 0 Å². The van der Waals surface area contributed by atoms with Gasteiger partial charge in [-0.1, -0.05) is 12.1 Å². The third-order valence-corrected chi connectivity index (χ3v) is 2.45. The van der Waals surface area contributed by atoms with E-state index < -0.39 is 12.0 Å². The summed E-state index contributed by atoms with van der Waals surface area (Å²) >= 11 is 0. The molecule has 0 amide bonds. The molecular formula is C12H13N3O2. The lowest BCUT2D eigenvalue weighted by molar-refractivity contribution is -0.138. The van der Waals surface area contributed by atoms with E-state index in [-0.39, 0.29) is 0 Å². The Morgan fingerprint density at radius 2 is 2.29 bits per heavy atom. The fourth-order valence-corrected chi connectivity index (χ4v) is 1.59. The summed E-state index contributed by atoms with van der Waals surface area (Å²) in [5, 5.41) is 12.9. The topological polar surface area (TPSA) is 81.1 Å². The van der Waals surface area contributed by atoms with E-state index in [1.807, 2.05) is 36.5 Å². The van der Waals surface area contributed by atoms with Gasteiger partial charge < -0.3 is 10.8 Å². The normalized spacial score (nSPS) is 12.3. The predicted molar refractivity (Wildman–Crippen MR) is 62.9 cm³/mol. The van der Waals surface area contributed by atoms with Gasteiger partial charge in [-0.15, -0.1) is 0 Å². The molecule has 0 aliphatic rings. The molecule has 1 unspecified atom stereocenters. The minimum Gasteiger partial charge on any atom is -0.480 e. The molecule has 5 nitrogen and oxygen atoms in total. The third kappa shape index (κ3) is 2.70. The second kappa shape index (κ2) is 4.80. The Bertz CT molecular complexity index is 508. The van der Waals surface area contributed by atoms with Gasteiger partial charge in [0.05, 0.1) is 5.69 Å². The summed E-state index contributed by atoms with van der Waals surface area (Å²) in [5.41, 5.74) is 7.27. The standard InChI is InChI=1S/C12H13N3O2/c13-11(12(16)17)8-9-3-1-4-10(7-9)15-6-2-5-14-15/h1-7,11H,8,13H2,(H,16,17). The predicted octanol–water partition coefficient (Wildman–Crippen LogP) is 0.827. The maximum Gasteiger partial charge on any atom is 0.320 e. The highest BCUT2D eigenvalue weighted by molar-refractivity contribution is 5.73. The molecule has 0 aliphatic carbocycles. The van der Waals surface area contributed by atoms with Crippen LogP contribution in [0.3, 0.4) is 0 Å². The van der Waals surface area contributed by atoms with Crippen molar-refractivity contribution in [3.63, 3.8) is 0 Å². The average molecular weight is 231 g/mol. The Kier molecular flexibility index (Phi) is 3.20. The van der Waals surface area contributed by atoms with Crippen LogP contribution in [0.1, 0.15) is 5.56 Å². The van der Waals surface area contributed by atoms with Crippen LogP contribution >= 0.6 is 0 Å². The van der Waals surface area contributed by atoms with Crippen LogP contribution in [0.25, 0.3) is 5.69 Å². The number of hydrogen-bond acceptors (Lipinski definition) is 3. The number of hydrogen-bond donors (Lipinski definition) is 2. The molecule has 0 aliphatic heterocycles. The summed E-state index contributed by atoms with van der Waals surface area (Å²) in [7, 11) is 0. The van der Waals surface area contributed by atoms with Crippen LogP contribution in [0.4, 0.5) is 0 Å². The number of carboxylic acids is 1. The van der Waals surface area contributed by atoms with Gasteiger partial charge in [-0.05, 0) is 30.2 Å². The number of rotatable bonds is 4. The lowest BCUT2D eigenvalue weighted by Crippen LogP contribution is -2.32. The van der Waals surface area contributed by atoms with Gasteiger partial charge in [-0.3, -0.25) is 4.79 Å².